The molecule has 1 atom stereocenters. The predicted molar refractivity (Wildman–Crippen MR) is 76.5 cm³/mol. The molecule has 1 aromatic carbocycles. The highest BCUT2D eigenvalue weighted by Gasteiger charge is 2.19. The monoisotopic (exact) mass is 253 g/mol. The molecule has 96 valence electrons. The van der Waals surface area contributed by atoms with Crippen molar-refractivity contribution in [2.45, 2.75) is 46.7 Å². The van der Waals surface area contributed by atoms with Gasteiger partial charge in [0, 0.05) is 17.1 Å². The molecule has 0 saturated carbocycles. The molecular formula is C15H24ClN. The van der Waals surface area contributed by atoms with E-state index >= 15 is 0 Å². The zero-order valence-corrected chi connectivity index (χ0v) is 12.3. The lowest BCUT2D eigenvalue weighted by molar-refractivity contribution is 0.291. The van der Waals surface area contributed by atoms with Gasteiger partial charge in [-0.25, -0.2) is 0 Å². The van der Waals surface area contributed by atoms with E-state index in [9.17, 15) is 0 Å². The summed E-state index contributed by atoms with van der Waals surface area (Å²) in [6, 6.07) is 8.96. The highest BCUT2D eigenvalue weighted by Crippen LogP contribution is 2.21. The molecule has 0 aliphatic rings. The molecule has 0 aromatic heterocycles. The van der Waals surface area contributed by atoms with Crippen molar-refractivity contribution in [3.8, 4) is 0 Å². The first kappa shape index (κ1) is 14.5. The van der Waals surface area contributed by atoms with Gasteiger partial charge in [0.2, 0.25) is 0 Å². The topological polar surface area (TPSA) is 12.0 Å². The predicted octanol–water partition coefficient (Wildman–Crippen LogP) is 4.67. The molecule has 0 aliphatic heterocycles. The Morgan fingerprint density at radius 1 is 1.00 bits per heavy atom. The minimum Gasteiger partial charge on any atom is -0.307 e. The summed E-state index contributed by atoms with van der Waals surface area (Å²) in [5, 5.41) is 4.51. The normalized spacial score (nSPS) is 13.7. The number of rotatable bonds is 5. The Morgan fingerprint density at radius 3 is 2.06 bits per heavy atom. The van der Waals surface area contributed by atoms with Crippen LogP contribution in [0.5, 0.6) is 0 Å². The van der Waals surface area contributed by atoms with Crippen LogP contribution < -0.4 is 5.32 Å². The maximum atomic E-state index is 6.02. The van der Waals surface area contributed by atoms with E-state index < -0.39 is 0 Å². The molecular weight excluding hydrogens is 230 g/mol. The minimum absolute atomic E-state index is 0.337. The van der Waals surface area contributed by atoms with Gasteiger partial charge >= 0.3 is 0 Å². The molecule has 1 rings (SSSR count). The Hall–Kier alpha value is -0.530. The molecule has 0 saturated heterocycles. The lowest BCUT2D eigenvalue weighted by atomic mass is 9.92. The van der Waals surface area contributed by atoms with Crippen molar-refractivity contribution in [3.63, 3.8) is 0 Å². The first-order valence-corrected chi connectivity index (χ1v) is 6.81. The zero-order valence-electron chi connectivity index (χ0n) is 11.5. The van der Waals surface area contributed by atoms with E-state index in [4.69, 9.17) is 11.6 Å². The fourth-order valence-corrected chi connectivity index (χ4v) is 2.51. The van der Waals surface area contributed by atoms with Crippen molar-refractivity contribution in [2.75, 3.05) is 0 Å². The van der Waals surface area contributed by atoms with Gasteiger partial charge in [-0.3, -0.25) is 0 Å². The maximum absolute atomic E-state index is 6.02. The molecule has 17 heavy (non-hydrogen) atoms. The van der Waals surface area contributed by atoms with E-state index in [1.165, 1.54) is 5.56 Å². The van der Waals surface area contributed by atoms with E-state index in [2.05, 4.69) is 46.0 Å². The van der Waals surface area contributed by atoms with Crippen LogP contribution in [0.15, 0.2) is 24.3 Å². The molecule has 0 heterocycles. The lowest BCUT2D eigenvalue weighted by Gasteiger charge is -2.30. The van der Waals surface area contributed by atoms with Gasteiger partial charge in [-0.05, 0) is 36.5 Å². The Morgan fingerprint density at radius 2 is 1.59 bits per heavy atom. The van der Waals surface area contributed by atoms with Crippen LogP contribution in [0.2, 0.25) is 5.02 Å². The van der Waals surface area contributed by atoms with Crippen LogP contribution in [0.4, 0.5) is 0 Å². The van der Waals surface area contributed by atoms with Gasteiger partial charge in [0.05, 0.1) is 0 Å². The summed E-state index contributed by atoms with van der Waals surface area (Å²) in [7, 11) is 0. The van der Waals surface area contributed by atoms with Crippen LogP contribution in [0.25, 0.3) is 0 Å². The maximum Gasteiger partial charge on any atom is 0.0409 e. The molecule has 1 nitrogen and oxygen atoms in total. The van der Waals surface area contributed by atoms with E-state index in [1.54, 1.807) is 0 Å². The molecule has 1 aromatic rings. The van der Waals surface area contributed by atoms with Gasteiger partial charge in [-0.15, -0.1) is 0 Å². The summed E-state index contributed by atoms with van der Waals surface area (Å²) in [4.78, 5) is 0. The van der Waals surface area contributed by atoms with Crippen molar-refractivity contribution in [1.82, 2.24) is 5.32 Å². The third-order valence-corrected chi connectivity index (χ3v) is 3.46. The van der Waals surface area contributed by atoms with Crippen LogP contribution in [0, 0.1) is 11.8 Å². The van der Waals surface area contributed by atoms with Crippen molar-refractivity contribution < 1.29 is 0 Å². The van der Waals surface area contributed by atoms with E-state index in [-0.39, 0.29) is 0 Å². The molecule has 0 spiro atoms. The Labute approximate surface area is 111 Å². The first-order valence-electron chi connectivity index (χ1n) is 6.43. The minimum atomic E-state index is 0.337. The molecule has 2 heteroatoms. The highest BCUT2D eigenvalue weighted by molar-refractivity contribution is 6.30. The number of nitrogens with one attached hydrogen (secondary N) is 1. The molecule has 0 radical (unpaired) electrons. The van der Waals surface area contributed by atoms with E-state index in [0.717, 1.165) is 5.02 Å². The second-order valence-electron chi connectivity index (χ2n) is 5.46. The van der Waals surface area contributed by atoms with Gasteiger partial charge in [0.1, 0.15) is 0 Å². The van der Waals surface area contributed by atoms with Crippen LogP contribution in [-0.4, -0.2) is 6.04 Å². The summed E-state index contributed by atoms with van der Waals surface area (Å²) in [5.74, 6) is 1.27. The van der Waals surface area contributed by atoms with Gasteiger partial charge in [0.15, 0.2) is 0 Å². The molecule has 0 fully saturated rings. The summed E-state index contributed by atoms with van der Waals surface area (Å²) in [5.41, 5.74) is 1.25. The van der Waals surface area contributed by atoms with Crippen molar-refractivity contribution in [3.05, 3.63) is 34.9 Å². The van der Waals surface area contributed by atoms with Crippen LogP contribution in [0.1, 0.15) is 46.2 Å². The van der Waals surface area contributed by atoms with E-state index in [1.807, 2.05) is 18.2 Å². The van der Waals surface area contributed by atoms with Crippen LogP contribution >= 0.6 is 11.6 Å². The standard InChI is InChI=1S/C15H24ClN/c1-10(2)15(11(3)4)17-12(5)13-7-6-8-14(16)9-13/h6-12,15,17H,1-5H3/t12-/m0/s1. The lowest BCUT2D eigenvalue weighted by Crippen LogP contribution is -2.39. The van der Waals surface area contributed by atoms with Gasteiger partial charge in [-0.2, -0.15) is 0 Å². The van der Waals surface area contributed by atoms with Gasteiger partial charge in [0.25, 0.3) is 0 Å². The number of halogens is 1. The zero-order chi connectivity index (χ0) is 13.0. The molecule has 0 aliphatic carbocycles. The molecule has 1 N–H and O–H groups in total. The van der Waals surface area contributed by atoms with Crippen molar-refractivity contribution in [1.29, 1.82) is 0 Å². The number of benzene rings is 1. The number of hydrogen-bond acceptors (Lipinski definition) is 1. The van der Waals surface area contributed by atoms with E-state index in [0.29, 0.717) is 23.9 Å². The average molecular weight is 254 g/mol. The Kier molecular flexibility index (Phi) is 5.48. The third-order valence-electron chi connectivity index (χ3n) is 3.23. The van der Waals surface area contributed by atoms with Gasteiger partial charge < -0.3 is 5.32 Å². The Bertz CT molecular complexity index is 339. The molecule has 0 bridgehead atoms. The van der Waals surface area contributed by atoms with Crippen LogP contribution in [-0.2, 0) is 0 Å². The second-order valence-corrected chi connectivity index (χ2v) is 5.89. The summed E-state index contributed by atoms with van der Waals surface area (Å²) >= 11 is 6.02. The summed E-state index contributed by atoms with van der Waals surface area (Å²) in [6.45, 7) is 11.3. The summed E-state index contributed by atoms with van der Waals surface area (Å²) in [6.07, 6.45) is 0. The second kappa shape index (κ2) is 6.42. The number of hydrogen-bond donors (Lipinski definition) is 1. The fourth-order valence-electron chi connectivity index (χ4n) is 2.32. The third kappa shape index (κ3) is 4.33. The van der Waals surface area contributed by atoms with Crippen LogP contribution in [0.3, 0.4) is 0 Å². The summed E-state index contributed by atoms with van der Waals surface area (Å²) < 4.78 is 0. The van der Waals surface area contributed by atoms with Crippen molar-refractivity contribution in [2.24, 2.45) is 11.8 Å². The SMILES string of the molecule is CC(C)C(N[C@@H](C)c1cccc(Cl)c1)C(C)C. The van der Waals surface area contributed by atoms with Crippen molar-refractivity contribution >= 4 is 11.6 Å². The largest absolute Gasteiger partial charge is 0.307 e. The molecule has 0 unspecified atom stereocenters. The smallest absolute Gasteiger partial charge is 0.0409 e. The quantitative estimate of drug-likeness (QED) is 0.804. The fraction of sp³-hybridized carbons (Fsp3) is 0.600. The first-order chi connectivity index (χ1) is 7.91. The molecule has 0 amide bonds. The Balaban J connectivity index is 2.73. The van der Waals surface area contributed by atoms with Gasteiger partial charge in [-0.1, -0.05) is 51.4 Å². The highest BCUT2D eigenvalue weighted by atomic mass is 35.5. The average Bonchev–Trinajstić information content (AvgIpc) is 2.24.